The zero-order valence-electron chi connectivity index (χ0n) is 16.0. The smallest absolute Gasteiger partial charge is 0.337 e. The summed E-state index contributed by atoms with van der Waals surface area (Å²) in [4.78, 5) is 29.6. The molecule has 8 heteroatoms. The molecule has 4 rings (SSSR count). The summed E-state index contributed by atoms with van der Waals surface area (Å²) >= 11 is 1.54. The number of hydrogen-bond acceptors (Lipinski definition) is 7. The third-order valence-electron chi connectivity index (χ3n) is 4.39. The Bertz CT molecular complexity index is 1170. The molecule has 0 saturated carbocycles. The molecule has 0 aliphatic rings. The van der Waals surface area contributed by atoms with Gasteiger partial charge in [-0.05, 0) is 47.3 Å². The lowest BCUT2D eigenvalue weighted by atomic mass is 10.1. The third kappa shape index (κ3) is 4.28. The van der Waals surface area contributed by atoms with Gasteiger partial charge in [0.05, 0.1) is 24.0 Å². The molecular formula is C22H17N3O4S. The maximum atomic E-state index is 12.7. The maximum Gasteiger partial charge on any atom is 0.337 e. The first kappa shape index (κ1) is 19.5. The van der Waals surface area contributed by atoms with Crippen LogP contribution in [0.2, 0.25) is 0 Å². The van der Waals surface area contributed by atoms with E-state index in [2.05, 4.69) is 20.2 Å². The van der Waals surface area contributed by atoms with Gasteiger partial charge in [-0.3, -0.25) is 4.79 Å². The predicted molar refractivity (Wildman–Crippen MR) is 113 cm³/mol. The molecule has 1 N–H and O–H groups in total. The lowest BCUT2D eigenvalue weighted by molar-refractivity contribution is 0.0600. The van der Waals surface area contributed by atoms with Crippen molar-refractivity contribution in [3.8, 4) is 10.7 Å². The second-order valence-corrected chi connectivity index (χ2v) is 7.29. The van der Waals surface area contributed by atoms with Gasteiger partial charge in [0.25, 0.3) is 5.91 Å². The summed E-state index contributed by atoms with van der Waals surface area (Å²) in [5, 5.41) is 8.88. The highest BCUT2D eigenvalue weighted by Crippen LogP contribution is 2.24. The summed E-state index contributed by atoms with van der Waals surface area (Å²) in [6.45, 7) is 0. The van der Waals surface area contributed by atoms with E-state index in [0.29, 0.717) is 35.0 Å². The molecule has 1 amide bonds. The largest absolute Gasteiger partial charge is 0.465 e. The summed E-state index contributed by atoms with van der Waals surface area (Å²) in [6.07, 6.45) is 0.385. The molecule has 0 atom stereocenters. The van der Waals surface area contributed by atoms with Crippen molar-refractivity contribution in [2.45, 2.75) is 6.42 Å². The molecule has 7 nitrogen and oxygen atoms in total. The van der Waals surface area contributed by atoms with Gasteiger partial charge in [0.15, 0.2) is 0 Å². The van der Waals surface area contributed by atoms with Gasteiger partial charge in [-0.2, -0.15) is 4.98 Å². The summed E-state index contributed by atoms with van der Waals surface area (Å²) < 4.78 is 10.0. The minimum Gasteiger partial charge on any atom is -0.465 e. The van der Waals surface area contributed by atoms with Crippen molar-refractivity contribution >= 4 is 28.9 Å². The van der Waals surface area contributed by atoms with E-state index in [0.717, 1.165) is 10.4 Å². The number of methoxy groups -OCH3 is 1. The van der Waals surface area contributed by atoms with Gasteiger partial charge in [0.2, 0.25) is 11.7 Å². The van der Waals surface area contributed by atoms with E-state index < -0.39 is 5.97 Å². The Morgan fingerprint density at radius 2 is 1.80 bits per heavy atom. The standard InChI is InChI=1S/C22H17N3O4S/c1-28-22(27)15-10-8-14(9-11-15)21(26)23-17-6-3-2-5-16(17)13-19-24-20(25-29-19)18-7-4-12-30-18/h2-12H,13H2,1H3,(H,23,26). The molecular weight excluding hydrogens is 402 g/mol. The number of nitrogens with one attached hydrogen (secondary N) is 1. The lowest BCUT2D eigenvalue weighted by Crippen LogP contribution is -2.14. The van der Waals surface area contributed by atoms with Crippen molar-refractivity contribution < 1.29 is 18.8 Å². The molecule has 0 fully saturated rings. The van der Waals surface area contributed by atoms with Crippen LogP contribution in [0.25, 0.3) is 10.7 Å². The van der Waals surface area contributed by atoms with Gasteiger partial charge in [0.1, 0.15) is 0 Å². The number of carbonyl (C=O) groups is 2. The number of rotatable bonds is 6. The molecule has 4 aromatic rings. The molecule has 0 radical (unpaired) electrons. The highest BCUT2D eigenvalue weighted by Gasteiger charge is 2.14. The van der Waals surface area contributed by atoms with Crippen LogP contribution in [0.1, 0.15) is 32.2 Å². The number of ether oxygens (including phenoxy) is 1. The topological polar surface area (TPSA) is 94.3 Å². The Labute approximate surface area is 176 Å². The number of nitrogens with zero attached hydrogens (tertiary/aromatic N) is 2. The Hall–Kier alpha value is -3.78. The quantitative estimate of drug-likeness (QED) is 0.465. The fourth-order valence-electron chi connectivity index (χ4n) is 2.86. The van der Waals surface area contributed by atoms with Crippen LogP contribution < -0.4 is 5.32 Å². The second kappa shape index (κ2) is 8.71. The van der Waals surface area contributed by atoms with Crippen LogP contribution in [0.5, 0.6) is 0 Å². The van der Waals surface area contributed by atoms with Crippen molar-refractivity contribution in [2.24, 2.45) is 0 Å². The van der Waals surface area contributed by atoms with Crippen LogP contribution in [0.4, 0.5) is 5.69 Å². The molecule has 2 aromatic carbocycles. The zero-order valence-corrected chi connectivity index (χ0v) is 16.8. The summed E-state index contributed by atoms with van der Waals surface area (Å²) in [5.41, 5.74) is 2.30. The van der Waals surface area contributed by atoms with E-state index >= 15 is 0 Å². The number of aromatic nitrogens is 2. The minimum absolute atomic E-state index is 0.288. The second-order valence-electron chi connectivity index (χ2n) is 6.35. The molecule has 0 bridgehead atoms. The van der Waals surface area contributed by atoms with Crippen LogP contribution in [0, 0.1) is 0 Å². The lowest BCUT2D eigenvalue weighted by Gasteiger charge is -2.10. The number of thiophene rings is 1. The number of amides is 1. The number of para-hydroxylation sites is 1. The number of hydrogen-bond donors (Lipinski definition) is 1. The predicted octanol–water partition coefficient (Wildman–Crippen LogP) is 4.43. The molecule has 0 aliphatic carbocycles. The van der Waals surface area contributed by atoms with Crippen molar-refractivity contribution in [3.63, 3.8) is 0 Å². The van der Waals surface area contributed by atoms with Crippen molar-refractivity contribution in [2.75, 3.05) is 12.4 Å². The van der Waals surface area contributed by atoms with Gasteiger partial charge >= 0.3 is 5.97 Å². The van der Waals surface area contributed by atoms with E-state index in [1.54, 1.807) is 24.3 Å². The molecule has 150 valence electrons. The van der Waals surface area contributed by atoms with E-state index in [9.17, 15) is 9.59 Å². The normalized spacial score (nSPS) is 10.6. The number of carbonyl (C=O) groups excluding carboxylic acids is 2. The molecule has 30 heavy (non-hydrogen) atoms. The first-order valence-corrected chi connectivity index (χ1v) is 9.96. The van der Waals surface area contributed by atoms with E-state index in [4.69, 9.17) is 4.52 Å². The molecule has 0 unspecified atom stereocenters. The van der Waals surface area contributed by atoms with Gasteiger partial charge in [-0.1, -0.05) is 29.4 Å². The SMILES string of the molecule is COC(=O)c1ccc(C(=O)Nc2ccccc2Cc2nc(-c3cccs3)no2)cc1. The Morgan fingerprint density at radius 1 is 1.03 bits per heavy atom. The first-order valence-electron chi connectivity index (χ1n) is 9.08. The third-order valence-corrected chi connectivity index (χ3v) is 5.25. The van der Waals surface area contributed by atoms with Crippen molar-refractivity contribution in [1.82, 2.24) is 10.1 Å². The Morgan fingerprint density at radius 3 is 2.53 bits per heavy atom. The maximum absolute atomic E-state index is 12.7. The van der Waals surface area contributed by atoms with Gasteiger partial charge < -0.3 is 14.6 Å². The van der Waals surface area contributed by atoms with Crippen LogP contribution in [0.3, 0.4) is 0 Å². The monoisotopic (exact) mass is 419 g/mol. The zero-order chi connectivity index (χ0) is 20.9. The molecule has 0 saturated heterocycles. The fraction of sp³-hybridized carbons (Fsp3) is 0.0909. The average Bonchev–Trinajstić information content (AvgIpc) is 3.46. The van der Waals surface area contributed by atoms with E-state index in [-0.39, 0.29) is 5.91 Å². The van der Waals surface area contributed by atoms with Crippen LogP contribution in [0.15, 0.2) is 70.6 Å². The van der Waals surface area contributed by atoms with Crippen LogP contribution in [-0.2, 0) is 11.2 Å². The first-order chi connectivity index (χ1) is 14.6. The van der Waals surface area contributed by atoms with Crippen molar-refractivity contribution in [3.05, 3.63) is 88.6 Å². The van der Waals surface area contributed by atoms with E-state index in [1.807, 2.05) is 41.8 Å². The summed E-state index contributed by atoms with van der Waals surface area (Å²) in [6, 6.07) is 17.5. The Kier molecular flexibility index (Phi) is 5.67. The van der Waals surface area contributed by atoms with E-state index in [1.165, 1.54) is 18.4 Å². The number of esters is 1. The van der Waals surface area contributed by atoms with Crippen LogP contribution >= 0.6 is 11.3 Å². The highest BCUT2D eigenvalue weighted by atomic mass is 32.1. The van der Waals surface area contributed by atoms with Crippen LogP contribution in [-0.4, -0.2) is 29.1 Å². The molecule has 0 spiro atoms. The molecule has 2 aromatic heterocycles. The van der Waals surface area contributed by atoms with Crippen molar-refractivity contribution in [1.29, 1.82) is 0 Å². The highest BCUT2D eigenvalue weighted by molar-refractivity contribution is 7.13. The van der Waals surface area contributed by atoms with Gasteiger partial charge in [0, 0.05) is 11.3 Å². The number of benzene rings is 2. The summed E-state index contributed by atoms with van der Waals surface area (Å²) in [5.74, 6) is 0.271. The summed E-state index contributed by atoms with van der Waals surface area (Å²) in [7, 11) is 1.31. The average molecular weight is 419 g/mol. The Balaban J connectivity index is 1.49. The van der Waals surface area contributed by atoms with Gasteiger partial charge in [-0.15, -0.1) is 11.3 Å². The molecule has 0 aliphatic heterocycles. The minimum atomic E-state index is -0.450. The van der Waals surface area contributed by atoms with Gasteiger partial charge in [-0.25, -0.2) is 4.79 Å². The number of anilines is 1. The molecule has 2 heterocycles. The fourth-order valence-corrected chi connectivity index (χ4v) is 3.51.